The molecule has 0 aliphatic heterocycles. The fourth-order valence-electron chi connectivity index (χ4n) is 2.91. The van der Waals surface area contributed by atoms with E-state index in [1.54, 1.807) is 18.2 Å². The van der Waals surface area contributed by atoms with Crippen LogP contribution >= 0.6 is 0 Å². The summed E-state index contributed by atoms with van der Waals surface area (Å²) >= 11 is 0. The van der Waals surface area contributed by atoms with Crippen LogP contribution in [0.1, 0.15) is 5.56 Å². The van der Waals surface area contributed by atoms with Crippen LogP contribution in [0.3, 0.4) is 0 Å². The first-order chi connectivity index (χ1) is 14.3. The normalized spacial score (nSPS) is 12.6. The largest absolute Gasteiger partial charge is 0.454 e. The van der Waals surface area contributed by atoms with Crippen molar-refractivity contribution in [2.75, 3.05) is 5.32 Å². The third-order valence-electron chi connectivity index (χ3n) is 4.43. The molecule has 154 valence electrons. The Kier molecular flexibility index (Phi) is 6.51. The maximum absolute atomic E-state index is 12.8. The van der Waals surface area contributed by atoms with Gasteiger partial charge in [0.05, 0.1) is 0 Å². The molecule has 0 bridgehead atoms. The number of alkyl halides is 3. The Morgan fingerprint density at radius 2 is 1.57 bits per heavy atom. The van der Waals surface area contributed by atoms with Crippen molar-refractivity contribution in [3.63, 3.8) is 0 Å². The van der Waals surface area contributed by atoms with Crippen molar-refractivity contribution in [2.24, 2.45) is 0 Å². The number of hydrogen-bond acceptors (Lipinski definition) is 3. The van der Waals surface area contributed by atoms with Crippen molar-refractivity contribution in [1.29, 1.82) is 0 Å². The van der Waals surface area contributed by atoms with E-state index in [0.29, 0.717) is 11.8 Å². The summed E-state index contributed by atoms with van der Waals surface area (Å²) < 4.78 is 37.2. The highest BCUT2D eigenvalue weighted by atomic mass is 19.4. The molecule has 3 aromatic rings. The molecule has 0 saturated heterocycles. The zero-order valence-electron chi connectivity index (χ0n) is 15.8. The van der Waals surface area contributed by atoms with Crippen molar-refractivity contribution in [2.45, 2.75) is 18.6 Å². The Morgan fingerprint density at radius 3 is 2.27 bits per heavy atom. The molecule has 3 aromatic carbocycles. The monoisotopic (exact) mass is 412 g/mol. The van der Waals surface area contributed by atoms with Crippen LogP contribution < -0.4 is 10.6 Å². The van der Waals surface area contributed by atoms with Gasteiger partial charge in [-0.2, -0.15) is 13.2 Å². The van der Waals surface area contributed by atoms with Crippen LogP contribution in [0.2, 0.25) is 0 Å². The fourth-order valence-corrected chi connectivity index (χ4v) is 2.91. The summed E-state index contributed by atoms with van der Waals surface area (Å²) in [7, 11) is 0. The van der Waals surface area contributed by atoms with Crippen LogP contribution in [-0.2, 0) is 16.0 Å². The number of hydrogen-bond donors (Lipinski definition) is 2. The molecule has 4 nitrogen and oxygen atoms in total. The Bertz CT molecular complexity index is 1060. The highest BCUT2D eigenvalue weighted by Crippen LogP contribution is 2.19. The zero-order valence-corrected chi connectivity index (χ0v) is 15.8. The zero-order chi connectivity index (χ0) is 21.6. The summed E-state index contributed by atoms with van der Waals surface area (Å²) in [5.41, 5.74) is 1.38. The van der Waals surface area contributed by atoms with Crippen LogP contribution in [0.4, 0.5) is 18.9 Å². The van der Waals surface area contributed by atoms with Gasteiger partial charge in [-0.3, -0.25) is 9.59 Å². The highest BCUT2D eigenvalue weighted by Gasteiger charge is 2.36. The molecule has 0 aromatic heterocycles. The second kappa shape index (κ2) is 9.26. The maximum atomic E-state index is 12.8. The standard InChI is InChI=1S/C23H19F3N2O2/c24-23(25,26)21(29)12-13-27-20(14-16-6-2-1-3-7-16)22(30)28-19-11-10-17-8-4-5-9-18(17)15-19/h1-13,15,20,27H,14H2,(H,28,30)/b13-12+. The first-order valence-corrected chi connectivity index (χ1v) is 9.20. The Balaban J connectivity index is 1.76. The summed E-state index contributed by atoms with van der Waals surface area (Å²) in [6.45, 7) is 0. The average molecular weight is 412 g/mol. The van der Waals surface area contributed by atoms with Gasteiger partial charge in [0.2, 0.25) is 5.91 Å². The van der Waals surface area contributed by atoms with Crippen molar-refractivity contribution in [1.82, 2.24) is 5.32 Å². The van der Waals surface area contributed by atoms with Gasteiger partial charge in [-0.1, -0.05) is 60.7 Å². The molecule has 1 atom stereocenters. The van der Waals surface area contributed by atoms with Gasteiger partial charge in [0.25, 0.3) is 5.78 Å². The number of carbonyl (C=O) groups excluding carboxylic acids is 2. The maximum Gasteiger partial charge on any atom is 0.454 e. The molecular formula is C23H19F3N2O2. The molecule has 0 heterocycles. The van der Waals surface area contributed by atoms with Gasteiger partial charge < -0.3 is 10.6 Å². The molecule has 7 heteroatoms. The minimum atomic E-state index is -4.96. The van der Waals surface area contributed by atoms with Gasteiger partial charge in [0.15, 0.2) is 0 Å². The van der Waals surface area contributed by atoms with Crippen LogP contribution in [0.15, 0.2) is 85.1 Å². The molecule has 0 fully saturated rings. The Labute approximate surface area is 171 Å². The molecule has 0 radical (unpaired) electrons. The fraction of sp³-hybridized carbons (Fsp3) is 0.130. The molecule has 30 heavy (non-hydrogen) atoms. The van der Waals surface area contributed by atoms with Crippen molar-refractivity contribution >= 4 is 28.2 Å². The van der Waals surface area contributed by atoms with Gasteiger partial charge in [-0.05, 0) is 28.5 Å². The Morgan fingerprint density at radius 1 is 0.900 bits per heavy atom. The highest BCUT2D eigenvalue weighted by molar-refractivity contribution is 5.98. The number of carbonyl (C=O) groups is 2. The van der Waals surface area contributed by atoms with Crippen LogP contribution in [0.5, 0.6) is 0 Å². The molecule has 0 spiro atoms. The molecule has 0 aliphatic rings. The predicted octanol–water partition coefficient (Wildman–Crippen LogP) is 4.62. The molecule has 1 amide bonds. The van der Waals surface area contributed by atoms with E-state index >= 15 is 0 Å². The number of halogens is 3. The summed E-state index contributed by atoms with van der Waals surface area (Å²) in [6.07, 6.45) is -3.49. The van der Waals surface area contributed by atoms with E-state index in [1.165, 1.54) is 0 Å². The lowest BCUT2D eigenvalue weighted by Crippen LogP contribution is -2.39. The third-order valence-corrected chi connectivity index (χ3v) is 4.43. The van der Waals surface area contributed by atoms with E-state index in [9.17, 15) is 22.8 Å². The second-order valence-electron chi connectivity index (χ2n) is 6.66. The minimum absolute atomic E-state index is 0.227. The summed E-state index contributed by atoms with van der Waals surface area (Å²) in [5, 5.41) is 7.36. The number of allylic oxidation sites excluding steroid dienone is 1. The predicted molar refractivity (Wildman–Crippen MR) is 110 cm³/mol. The first kappa shape index (κ1) is 21.1. The van der Waals surface area contributed by atoms with Gasteiger partial charge >= 0.3 is 6.18 Å². The lowest BCUT2D eigenvalue weighted by Gasteiger charge is -2.18. The van der Waals surface area contributed by atoms with Gasteiger partial charge in [-0.25, -0.2) is 0 Å². The van der Waals surface area contributed by atoms with E-state index in [2.05, 4.69) is 10.6 Å². The number of ketones is 1. The van der Waals surface area contributed by atoms with Gasteiger partial charge in [0, 0.05) is 24.4 Å². The Hall–Kier alpha value is -3.61. The van der Waals surface area contributed by atoms with E-state index in [4.69, 9.17) is 0 Å². The number of fused-ring (bicyclic) bond motifs is 1. The smallest absolute Gasteiger partial charge is 0.379 e. The number of rotatable bonds is 7. The van der Waals surface area contributed by atoms with Crippen molar-refractivity contribution < 1.29 is 22.8 Å². The van der Waals surface area contributed by atoms with Crippen molar-refractivity contribution in [3.8, 4) is 0 Å². The second-order valence-corrected chi connectivity index (χ2v) is 6.66. The van der Waals surface area contributed by atoms with E-state index in [0.717, 1.165) is 22.5 Å². The molecule has 3 rings (SSSR count). The summed E-state index contributed by atoms with van der Waals surface area (Å²) in [4.78, 5) is 23.8. The van der Waals surface area contributed by atoms with E-state index in [1.807, 2.05) is 54.6 Å². The van der Waals surface area contributed by atoms with Gasteiger partial charge in [-0.15, -0.1) is 0 Å². The molecule has 1 unspecified atom stereocenters. The SMILES string of the molecule is O=C(Nc1ccc2ccccc2c1)C(Cc1ccccc1)N/C=C/C(=O)C(F)(F)F. The van der Waals surface area contributed by atoms with E-state index in [-0.39, 0.29) is 6.42 Å². The number of nitrogens with one attached hydrogen (secondary N) is 2. The average Bonchev–Trinajstić information content (AvgIpc) is 2.73. The lowest BCUT2D eigenvalue weighted by atomic mass is 10.0. The first-order valence-electron chi connectivity index (χ1n) is 9.20. The lowest BCUT2D eigenvalue weighted by molar-refractivity contribution is -0.165. The molecule has 0 saturated carbocycles. The molecule has 0 aliphatic carbocycles. The van der Waals surface area contributed by atoms with Crippen molar-refractivity contribution in [3.05, 3.63) is 90.6 Å². The number of anilines is 1. The number of amides is 1. The molecular weight excluding hydrogens is 393 g/mol. The number of benzene rings is 3. The van der Waals surface area contributed by atoms with Crippen LogP contribution in [0, 0.1) is 0 Å². The summed E-state index contributed by atoms with van der Waals surface area (Å²) in [5.74, 6) is -2.43. The summed E-state index contributed by atoms with van der Waals surface area (Å²) in [6, 6.07) is 21.3. The van der Waals surface area contributed by atoms with E-state index < -0.39 is 23.9 Å². The van der Waals surface area contributed by atoms with Gasteiger partial charge in [0.1, 0.15) is 6.04 Å². The molecule has 2 N–H and O–H groups in total. The van der Waals surface area contributed by atoms with Crippen LogP contribution in [0.25, 0.3) is 10.8 Å². The minimum Gasteiger partial charge on any atom is -0.379 e. The quantitative estimate of drug-likeness (QED) is 0.557. The van der Waals surface area contributed by atoms with Crippen LogP contribution in [-0.4, -0.2) is 23.9 Å². The topological polar surface area (TPSA) is 58.2 Å². The third kappa shape index (κ3) is 5.70.